The number of aliphatic imine (C=N–C) groups is 1. The first-order chi connectivity index (χ1) is 8.20. The van der Waals surface area contributed by atoms with Gasteiger partial charge in [0.05, 0.1) is 0 Å². The van der Waals surface area contributed by atoms with Crippen molar-refractivity contribution in [1.29, 1.82) is 0 Å². The van der Waals surface area contributed by atoms with E-state index in [4.69, 9.17) is 0 Å². The van der Waals surface area contributed by atoms with Gasteiger partial charge in [-0.05, 0) is 30.8 Å². The lowest BCUT2D eigenvalue weighted by atomic mass is 10.1. The van der Waals surface area contributed by atoms with E-state index in [0.717, 1.165) is 25.0 Å². The standard InChI is InChI=1S/C13H29N3S/c1-12(2)8-5-6-9-15-13(14-3)16-10-7-11-17-4/h12H,5-11H2,1-4H3,(H2,14,15,16). The quantitative estimate of drug-likeness (QED) is 0.380. The van der Waals surface area contributed by atoms with Gasteiger partial charge < -0.3 is 10.6 Å². The molecule has 0 aliphatic heterocycles. The molecule has 0 fully saturated rings. The maximum atomic E-state index is 4.21. The van der Waals surface area contributed by atoms with E-state index in [-0.39, 0.29) is 0 Å². The van der Waals surface area contributed by atoms with E-state index in [2.05, 4.69) is 35.7 Å². The van der Waals surface area contributed by atoms with Gasteiger partial charge in [0, 0.05) is 20.1 Å². The van der Waals surface area contributed by atoms with E-state index in [9.17, 15) is 0 Å². The summed E-state index contributed by atoms with van der Waals surface area (Å²) in [6, 6.07) is 0. The Morgan fingerprint density at radius 1 is 1.12 bits per heavy atom. The van der Waals surface area contributed by atoms with Gasteiger partial charge in [-0.15, -0.1) is 0 Å². The van der Waals surface area contributed by atoms with Crippen molar-refractivity contribution in [3.05, 3.63) is 0 Å². The van der Waals surface area contributed by atoms with Crippen molar-refractivity contribution in [2.24, 2.45) is 10.9 Å². The average molecular weight is 259 g/mol. The number of nitrogens with one attached hydrogen (secondary N) is 2. The van der Waals surface area contributed by atoms with Crippen molar-refractivity contribution >= 4 is 17.7 Å². The second-order valence-electron chi connectivity index (χ2n) is 4.66. The molecule has 0 heterocycles. The highest BCUT2D eigenvalue weighted by Crippen LogP contribution is 2.04. The number of guanidine groups is 1. The zero-order valence-electron chi connectivity index (χ0n) is 11.9. The fraction of sp³-hybridized carbons (Fsp3) is 0.923. The van der Waals surface area contributed by atoms with E-state index in [1.807, 2.05) is 18.8 Å². The third kappa shape index (κ3) is 11.9. The van der Waals surface area contributed by atoms with Gasteiger partial charge in [-0.3, -0.25) is 4.99 Å². The Hall–Kier alpha value is -0.380. The molecule has 0 amide bonds. The van der Waals surface area contributed by atoms with Crippen molar-refractivity contribution in [3.63, 3.8) is 0 Å². The van der Waals surface area contributed by atoms with E-state index in [0.29, 0.717) is 0 Å². The van der Waals surface area contributed by atoms with Crippen LogP contribution in [0.3, 0.4) is 0 Å². The molecule has 3 nitrogen and oxygen atoms in total. The number of nitrogens with zero attached hydrogens (tertiary/aromatic N) is 1. The largest absolute Gasteiger partial charge is 0.356 e. The van der Waals surface area contributed by atoms with Gasteiger partial charge in [0.25, 0.3) is 0 Å². The van der Waals surface area contributed by atoms with Gasteiger partial charge in [-0.25, -0.2) is 0 Å². The van der Waals surface area contributed by atoms with Crippen LogP contribution >= 0.6 is 11.8 Å². The van der Waals surface area contributed by atoms with Gasteiger partial charge in [-0.1, -0.05) is 26.7 Å². The first-order valence-corrected chi connectivity index (χ1v) is 8.03. The Balaban J connectivity index is 3.42. The summed E-state index contributed by atoms with van der Waals surface area (Å²) in [5.41, 5.74) is 0. The molecular formula is C13H29N3S. The Morgan fingerprint density at radius 3 is 2.29 bits per heavy atom. The molecule has 0 bridgehead atoms. The Morgan fingerprint density at radius 2 is 1.76 bits per heavy atom. The maximum absolute atomic E-state index is 4.21. The predicted octanol–water partition coefficient (Wildman–Crippen LogP) is 2.73. The Labute approximate surface area is 111 Å². The van der Waals surface area contributed by atoms with Crippen LogP contribution in [0.15, 0.2) is 4.99 Å². The van der Waals surface area contributed by atoms with Crippen LogP contribution in [0.25, 0.3) is 0 Å². The minimum atomic E-state index is 0.819. The zero-order chi connectivity index (χ0) is 12.9. The van der Waals surface area contributed by atoms with Crippen molar-refractivity contribution in [3.8, 4) is 0 Å². The summed E-state index contributed by atoms with van der Waals surface area (Å²) < 4.78 is 0. The number of rotatable bonds is 9. The number of unbranched alkanes of at least 4 members (excludes halogenated alkanes) is 1. The van der Waals surface area contributed by atoms with E-state index >= 15 is 0 Å². The minimum Gasteiger partial charge on any atom is -0.356 e. The summed E-state index contributed by atoms with van der Waals surface area (Å²) in [7, 11) is 1.83. The molecule has 102 valence electrons. The Bertz CT molecular complexity index is 193. The highest BCUT2D eigenvalue weighted by atomic mass is 32.2. The molecule has 0 aromatic rings. The lowest BCUT2D eigenvalue weighted by molar-refractivity contribution is 0.534. The molecule has 0 spiro atoms. The predicted molar refractivity (Wildman–Crippen MR) is 81.1 cm³/mol. The van der Waals surface area contributed by atoms with Crippen LogP contribution < -0.4 is 10.6 Å². The summed E-state index contributed by atoms with van der Waals surface area (Å²) in [5, 5.41) is 6.68. The van der Waals surface area contributed by atoms with E-state index in [1.165, 1.54) is 31.4 Å². The number of hydrogen-bond acceptors (Lipinski definition) is 2. The van der Waals surface area contributed by atoms with Crippen LogP contribution in [0.1, 0.15) is 39.5 Å². The third-order valence-corrected chi connectivity index (χ3v) is 3.24. The Kier molecular flexibility index (Phi) is 11.8. The molecule has 0 saturated carbocycles. The van der Waals surface area contributed by atoms with Crippen LogP contribution in [0.4, 0.5) is 0 Å². The fourth-order valence-electron chi connectivity index (χ4n) is 1.53. The van der Waals surface area contributed by atoms with Crippen LogP contribution in [-0.4, -0.2) is 38.1 Å². The fourth-order valence-corrected chi connectivity index (χ4v) is 1.96. The molecule has 0 radical (unpaired) electrons. The number of thioether (sulfide) groups is 1. The molecule has 0 atom stereocenters. The normalized spacial score (nSPS) is 11.9. The third-order valence-electron chi connectivity index (χ3n) is 2.54. The molecular weight excluding hydrogens is 230 g/mol. The molecule has 17 heavy (non-hydrogen) atoms. The zero-order valence-corrected chi connectivity index (χ0v) is 12.7. The smallest absolute Gasteiger partial charge is 0.190 e. The van der Waals surface area contributed by atoms with Crippen molar-refractivity contribution in [2.75, 3.05) is 32.1 Å². The van der Waals surface area contributed by atoms with Crippen LogP contribution in [0, 0.1) is 5.92 Å². The van der Waals surface area contributed by atoms with Gasteiger partial charge in [0.2, 0.25) is 0 Å². The molecule has 0 aromatic heterocycles. The summed E-state index contributed by atoms with van der Waals surface area (Å²) >= 11 is 1.89. The first kappa shape index (κ1) is 16.6. The number of hydrogen-bond donors (Lipinski definition) is 2. The maximum Gasteiger partial charge on any atom is 0.190 e. The first-order valence-electron chi connectivity index (χ1n) is 6.64. The molecule has 0 aliphatic carbocycles. The van der Waals surface area contributed by atoms with Crippen LogP contribution in [-0.2, 0) is 0 Å². The molecule has 0 saturated heterocycles. The molecule has 4 heteroatoms. The molecule has 0 rings (SSSR count). The van der Waals surface area contributed by atoms with E-state index in [1.54, 1.807) is 0 Å². The molecule has 0 aliphatic rings. The highest BCUT2D eigenvalue weighted by molar-refractivity contribution is 7.98. The van der Waals surface area contributed by atoms with Crippen LogP contribution in [0.2, 0.25) is 0 Å². The van der Waals surface area contributed by atoms with Gasteiger partial charge >= 0.3 is 0 Å². The molecule has 0 aromatic carbocycles. The van der Waals surface area contributed by atoms with E-state index < -0.39 is 0 Å². The van der Waals surface area contributed by atoms with Crippen LogP contribution in [0.5, 0.6) is 0 Å². The van der Waals surface area contributed by atoms with Crippen molar-refractivity contribution in [2.45, 2.75) is 39.5 Å². The van der Waals surface area contributed by atoms with Gasteiger partial charge in [-0.2, -0.15) is 11.8 Å². The lowest BCUT2D eigenvalue weighted by Gasteiger charge is -2.11. The van der Waals surface area contributed by atoms with Gasteiger partial charge in [0.15, 0.2) is 5.96 Å². The monoisotopic (exact) mass is 259 g/mol. The SMILES string of the molecule is CN=C(NCCCCC(C)C)NCCCSC. The highest BCUT2D eigenvalue weighted by Gasteiger charge is 1.97. The minimum absolute atomic E-state index is 0.819. The summed E-state index contributed by atoms with van der Waals surface area (Å²) in [6.07, 6.45) is 7.18. The molecule has 2 N–H and O–H groups in total. The van der Waals surface area contributed by atoms with Crippen molar-refractivity contribution in [1.82, 2.24) is 10.6 Å². The molecule has 0 unspecified atom stereocenters. The topological polar surface area (TPSA) is 36.4 Å². The second kappa shape index (κ2) is 12.1. The second-order valence-corrected chi connectivity index (χ2v) is 5.65. The summed E-state index contributed by atoms with van der Waals surface area (Å²) in [5.74, 6) is 2.97. The average Bonchev–Trinajstić information content (AvgIpc) is 2.31. The summed E-state index contributed by atoms with van der Waals surface area (Å²) in [6.45, 7) is 6.58. The van der Waals surface area contributed by atoms with Gasteiger partial charge in [0.1, 0.15) is 0 Å². The van der Waals surface area contributed by atoms with Crippen molar-refractivity contribution < 1.29 is 0 Å². The summed E-state index contributed by atoms with van der Waals surface area (Å²) in [4.78, 5) is 4.21. The lowest BCUT2D eigenvalue weighted by Crippen LogP contribution is -2.38.